The van der Waals surface area contributed by atoms with E-state index in [1.807, 2.05) is 18.2 Å². The summed E-state index contributed by atoms with van der Waals surface area (Å²) in [6, 6.07) is 8.15. The van der Waals surface area contributed by atoms with Crippen LogP contribution in [-0.4, -0.2) is 6.61 Å². The van der Waals surface area contributed by atoms with Crippen molar-refractivity contribution in [2.75, 3.05) is 6.61 Å². The molecule has 1 rings (SSSR count). The van der Waals surface area contributed by atoms with Gasteiger partial charge in [-0.2, -0.15) is 0 Å². The van der Waals surface area contributed by atoms with Crippen molar-refractivity contribution in [3.8, 4) is 5.75 Å². The zero-order chi connectivity index (χ0) is 10.4. The first-order valence-corrected chi connectivity index (χ1v) is 6.19. The molecule has 0 spiro atoms. The van der Waals surface area contributed by atoms with Gasteiger partial charge in [0.05, 0.1) is 10.2 Å². The lowest BCUT2D eigenvalue weighted by Crippen LogP contribution is -2.08. The molecule has 0 aliphatic carbocycles. The minimum atomic E-state index is 0.649. The van der Waals surface area contributed by atoms with Crippen molar-refractivity contribution in [2.45, 2.75) is 26.7 Å². The number of rotatable bonds is 5. The summed E-state index contributed by atoms with van der Waals surface area (Å²) >= 11 is 2.30. The van der Waals surface area contributed by atoms with Crippen LogP contribution in [0.3, 0.4) is 0 Å². The van der Waals surface area contributed by atoms with Crippen molar-refractivity contribution in [2.24, 2.45) is 5.92 Å². The van der Waals surface area contributed by atoms with Crippen LogP contribution >= 0.6 is 22.6 Å². The summed E-state index contributed by atoms with van der Waals surface area (Å²) in [6.07, 6.45) is 2.47. The van der Waals surface area contributed by atoms with Crippen molar-refractivity contribution in [1.82, 2.24) is 0 Å². The molecule has 0 radical (unpaired) electrons. The molecular weight excluding hydrogens is 287 g/mol. The Morgan fingerprint density at radius 1 is 1.36 bits per heavy atom. The molecule has 0 aliphatic rings. The van der Waals surface area contributed by atoms with Crippen molar-refractivity contribution in [3.63, 3.8) is 0 Å². The second kappa shape index (κ2) is 6.27. The molecule has 0 N–H and O–H groups in total. The predicted octanol–water partition coefficient (Wildman–Crippen LogP) is 4.11. The van der Waals surface area contributed by atoms with Gasteiger partial charge in [0.2, 0.25) is 0 Å². The van der Waals surface area contributed by atoms with E-state index in [1.54, 1.807) is 0 Å². The summed E-state index contributed by atoms with van der Waals surface area (Å²) in [7, 11) is 0. The lowest BCUT2D eigenvalue weighted by molar-refractivity contribution is 0.250. The van der Waals surface area contributed by atoms with E-state index >= 15 is 0 Å². The van der Waals surface area contributed by atoms with E-state index in [0.717, 1.165) is 12.4 Å². The first-order chi connectivity index (χ1) is 6.74. The summed E-state index contributed by atoms with van der Waals surface area (Å²) in [5.41, 5.74) is 0. The van der Waals surface area contributed by atoms with Gasteiger partial charge in [-0.15, -0.1) is 0 Å². The Morgan fingerprint density at radius 3 is 2.71 bits per heavy atom. The van der Waals surface area contributed by atoms with E-state index in [0.29, 0.717) is 5.92 Å². The Labute approximate surface area is 100.0 Å². The van der Waals surface area contributed by atoms with Gasteiger partial charge >= 0.3 is 0 Å². The van der Waals surface area contributed by atoms with Crippen molar-refractivity contribution < 1.29 is 4.74 Å². The predicted molar refractivity (Wildman–Crippen MR) is 68.7 cm³/mol. The molecule has 1 atom stereocenters. The number of hydrogen-bond donors (Lipinski definition) is 0. The van der Waals surface area contributed by atoms with E-state index in [2.05, 4.69) is 42.5 Å². The Hall–Kier alpha value is -0.250. The van der Waals surface area contributed by atoms with Gasteiger partial charge in [-0.1, -0.05) is 32.4 Å². The topological polar surface area (TPSA) is 9.23 Å². The van der Waals surface area contributed by atoms with Crippen molar-refractivity contribution in [3.05, 3.63) is 27.8 Å². The largest absolute Gasteiger partial charge is 0.492 e. The molecule has 1 aromatic carbocycles. The van der Waals surface area contributed by atoms with E-state index < -0.39 is 0 Å². The molecule has 1 nitrogen and oxygen atoms in total. The van der Waals surface area contributed by atoms with Gasteiger partial charge in [0.1, 0.15) is 5.75 Å². The smallest absolute Gasteiger partial charge is 0.132 e. The van der Waals surface area contributed by atoms with Crippen molar-refractivity contribution >= 4 is 22.6 Å². The molecule has 2 heteroatoms. The highest BCUT2D eigenvalue weighted by atomic mass is 127. The molecule has 0 amide bonds. The molecule has 0 fully saturated rings. The first-order valence-electron chi connectivity index (χ1n) is 5.11. The monoisotopic (exact) mass is 304 g/mol. The average molecular weight is 304 g/mol. The summed E-state index contributed by atoms with van der Waals surface area (Å²) in [5.74, 6) is 1.66. The summed E-state index contributed by atoms with van der Waals surface area (Å²) in [5, 5.41) is 0. The van der Waals surface area contributed by atoms with Gasteiger partial charge in [-0.25, -0.2) is 0 Å². The summed E-state index contributed by atoms with van der Waals surface area (Å²) in [4.78, 5) is 0. The first kappa shape index (κ1) is 11.8. The fraction of sp³-hybridized carbons (Fsp3) is 0.500. The van der Waals surface area contributed by atoms with Gasteiger partial charge in [-0.3, -0.25) is 0 Å². The average Bonchev–Trinajstić information content (AvgIpc) is 2.17. The molecule has 14 heavy (non-hydrogen) atoms. The molecule has 78 valence electrons. The number of halogens is 1. The number of ether oxygens (including phenoxy) is 1. The van der Waals surface area contributed by atoms with Crippen LogP contribution in [0.25, 0.3) is 0 Å². The highest BCUT2D eigenvalue weighted by Gasteiger charge is 2.03. The minimum absolute atomic E-state index is 0.649. The quantitative estimate of drug-likeness (QED) is 0.744. The summed E-state index contributed by atoms with van der Waals surface area (Å²) in [6.45, 7) is 5.27. The van der Waals surface area contributed by atoms with E-state index in [-0.39, 0.29) is 0 Å². The molecule has 1 unspecified atom stereocenters. The fourth-order valence-corrected chi connectivity index (χ4v) is 1.91. The SMILES string of the molecule is CCCC(C)COc1ccccc1I. The van der Waals surface area contributed by atoms with Crippen LogP contribution in [0.2, 0.25) is 0 Å². The Kier molecular flexibility index (Phi) is 5.30. The molecule has 0 saturated heterocycles. The lowest BCUT2D eigenvalue weighted by atomic mass is 10.1. The van der Waals surface area contributed by atoms with Crippen LogP contribution in [0.4, 0.5) is 0 Å². The second-order valence-corrected chi connectivity index (χ2v) is 4.80. The molecule has 0 saturated carbocycles. The molecule has 1 aromatic rings. The van der Waals surface area contributed by atoms with Gasteiger partial charge in [0.15, 0.2) is 0 Å². The van der Waals surface area contributed by atoms with Gasteiger partial charge in [-0.05, 0) is 47.1 Å². The zero-order valence-corrected chi connectivity index (χ0v) is 11.0. The van der Waals surface area contributed by atoms with Crippen LogP contribution in [0, 0.1) is 9.49 Å². The molecule has 0 bridgehead atoms. The Balaban J connectivity index is 2.41. The highest BCUT2D eigenvalue weighted by Crippen LogP contribution is 2.20. The van der Waals surface area contributed by atoms with Crippen LogP contribution in [0.15, 0.2) is 24.3 Å². The lowest BCUT2D eigenvalue weighted by Gasteiger charge is -2.12. The second-order valence-electron chi connectivity index (χ2n) is 3.64. The minimum Gasteiger partial charge on any atom is -0.492 e. The zero-order valence-electron chi connectivity index (χ0n) is 8.79. The van der Waals surface area contributed by atoms with Crippen LogP contribution in [0.1, 0.15) is 26.7 Å². The molecule has 0 aromatic heterocycles. The van der Waals surface area contributed by atoms with Crippen LogP contribution in [0.5, 0.6) is 5.75 Å². The van der Waals surface area contributed by atoms with E-state index in [1.165, 1.54) is 16.4 Å². The van der Waals surface area contributed by atoms with E-state index in [9.17, 15) is 0 Å². The van der Waals surface area contributed by atoms with Crippen LogP contribution in [-0.2, 0) is 0 Å². The Bertz CT molecular complexity index is 273. The number of hydrogen-bond acceptors (Lipinski definition) is 1. The van der Waals surface area contributed by atoms with Crippen LogP contribution < -0.4 is 4.74 Å². The van der Waals surface area contributed by atoms with Gasteiger partial charge < -0.3 is 4.74 Å². The Morgan fingerprint density at radius 2 is 2.07 bits per heavy atom. The number of benzene rings is 1. The maximum absolute atomic E-state index is 5.74. The number of para-hydroxylation sites is 1. The standard InChI is InChI=1S/C12H17IO/c1-3-6-10(2)9-14-12-8-5-4-7-11(12)13/h4-5,7-8,10H,3,6,9H2,1-2H3. The third-order valence-electron chi connectivity index (χ3n) is 2.14. The maximum Gasteiger partial charge on any atom is 0.132 e. The normalized spacial score (nSPS) is 12.5. The van der Waals surface area contributed by atoms with Gasteiger partial charge in [0.25, 0.3) is 0 Å². The highest BCUT2D eigenvalue weighted by molar-refractivity contribution is 14.1. The molecular formula is C12H17IO. The maximum atomic E-state index is 5.74. The third-order valence-corrected chi connectivity index (χ3v) is 3.03. The fourth-order valence-electron chi connectivity index (χ4n) is 1.37. The molecule has 0 aliphatic heterocycles. The van der Waals surface area contributed by atoms with Crippen molar-refractivity contribution in [1.29, 1.82) is 0 Å². The third kappa shape index (κ3) is 3.86. The van der Waals surface area contributed by atoms with E-state index in [4.69, 9.17) is 4.74 Å². The van der Waals surface area contributed by atoms with Gasteiger partial charge in [0, 0.05) is 0 Å². The summed E-state index contributed by atoms with van der Waals surface area (Å²) < 4.78 is 6.93. The molecule has 0 heterocycles.